The van der Waals surface area contributed by atoms with Crippen molar-refractivity contribution in [1.29, 1.82) is 0 Å². The van der Waals surface area contributed by atoms with Crippen molar-refractivity contribution in [3.05, 3.63) is 10.8 Å². The van der Waals surface area contributed by atoms with E-state index in [-0.39, 0.29) is 5.91 Å². The van der Waals surface area contributed by atoms with Crippen LogP contribution in [0.4, 0.5) is 9.52 Å². The van der Waals surface area contributed by atoms with Crippen LogP contribution in [0, 0.1) is 5.95 Å². The number of aromatic nitrogens is 1. The lowest BCUT2D eigenvalue weighted by Gasteiger charge is -2.19. The van der Waals surface area contributed by atoms with Crippen molar-refractivity contribution >= 4 is 22.4 Å². The fourth-order valence-corrected chi connectivity index (χ4v) is 2.96. The second kappa shape index (κ2) is 5.10. The van der Waals surface area contributed by atoms with E-state index >= 15 is 0 Å². The summed E-state index contributed by atoms with van der Waals surface area (Å²) in [4.78, 5) is 17.4. The predicted octanol–water partition coefficient (Wildman–Crippen LogP) is 2.22. The zero-order valence-electron chi connectivity index (χ0n) is 9.99. The van der Waals surface area contributed by atoms with Crippen molar-refractivity contribution in [1.82, 2.24) is 9.88 Å². The van der Waals surface area contributed by atoms with Gasteiger partial charge in [-0.1, -0.05) is 11.3 Å². The maximum Gasteiger partial charge on any atom is 0.230 e. The lowest BCUT2D eigenvalue weighted by atomic mass is 10.2. The quantitative estimate of drug-likeness (QED) is 0.903. The minimum Gasteiger partial charge on any atom is -0.302 e. The molecular weight excluding hydrogens is 241 g/mol. The Morgan fingerprint density at radius 3 is 3.06 bits per heavy atom. The van der Waals surface area contributed by atoms with E-state index in [0.717, 1.165) is 6.54 Å². The molecule has 1 aromatic heterocycles. The van der Waals surface area contributed by atoms with Gasteiger partial charge in [0.05, 0.1) is 4.88 Å². The van der Waals surface area contributed by atoms with Crippen LogP contribution >= 0.6 is 11.3 Å². The average molecular weight is 257 g/mol. The Morgan fingerprint density at radius 1 is 1.71 bits per heavy atom. The zero-order valence-corrected chi connectivity index (χ0v) is 10.8. The average Bonchev–Trinajstić information content (AvgIpc) is 2.75. The number of thiazole rings is 1. The van der Waals surface area contributed by atoms with Gasteiger partial charge in [0.15, 0.2) is 5.13 Å². The Balaban J connectivity index is 2.05. The van der Waals surface area contributed by atoms with Crippen molar-refractivity contribution in [2.45, 2.75) is 39.3 Å². The first-order chi connectivity index (χ1) is 8.06. The molecule has 1 fully saturated rings. The number of anilines is 1. The Bertz CT molecular complexity index is 421. The van der Waals surface area contributed by atoms with Gasteiger partial charge in [0.2, 0.25) is 11.9 Å². The smallest absolute Gasteiger partial charge is 0.230 e. The molecule has 2 heterocycles. The first kappa shape index (κ1) is 12.4. The molecule has 1 unspecified atom stereocenters. The molecule has 2 rings (SSSR count). The predicted molar refractivity (Wildman–Crippen MR) is 65.5 cm³/mol. The summed E-state index contributed by atoms with van der Waals surface area (Å²) in [7, 11) is 0. The van der Waals surface area contributed by atoms with Gasteiger partial charge in [0, 0.05) is 19.5 Å². The van der Waals surface area contributed by atoms with E-state index in [4.69, 9.17) is 0 Å². The first-order valence-electron chi connectivity index (χ1n) is 5.73. The van der Waals surface area contributed by atoms with Crippen LogP contribution in [-0.2, 0) is 11.3 Å². The minimum absolute atomic E-state index is 0.222. The fourth-order valence-electron chi connectivity index (χ4n) is 2.05. The van der Waals surface area contributed by atoms with Gasteiger partial charge < -0.3 is 5.32 Å². The van der Waals surface area contributed by atoms with Crippen LogP contribution in [0.25, 0.3) is 0 Å². The van der Waals surface area contributed by atoms with Gasteiger partial charge in [-0.05, 0) is 26.3 Å². The van der Waals surface area contributed by atoms with Gasteiger partial charge >= 0.3 is 0 Å². The number of rotatable bonds is 3. The first-order valence-corrected chi connectivity index (χ1v) is 6.54. The summed E-state index contributed by atoms with van der Waals surface area (Å²) in [5.41, 5.74) is 0. The number of carbonyl (C=O) groups is 1. The van der Waals surface area contributed by atoms with Gasteiger partial charge in [-0.15, -0.1) is 0 Å². The molecule has 17 heavy (non-hydrogen) atoms. The van der Waals surface area contributed by atoms with E-state index in [1.54, 1.807) is 0 Å². The lowest BCUT2D eigenvalue weighted by molar-refractivity contribution is -0.114. The number of nitrogens with zero attached hydrogens (tertiary/aromatic N) is 2. The molecule has 1 saturated heterocycles. The van der Waals surface area contributed by atoms with Gasteiger partial charge in [-0.2, -0.15) is 9.37 Å². The van der Waals surface area contributed by atoms with Crippen LogP contribution < -0.4 is 5.32 Å². The number of amides is 1. The molecule has 0 aliphatic carbocycles. The summed E-state index contributed by atoms with van der Waals surface area (Å²) in [5, 5.41) is 2.86. The third-order valence-corrected chi connectivity index (χ3v) is 3.90. The van der Waals surface area contributed by atoms with Crippen LogP contribution in [0.15, 0.2) is 0 Å². The van der Waals surface area contributed by atoms with Crippen LogP contribution in [-0.4, -0.2) is 28.4 Å². The van der Waals surface area contributed by atoms with E-state index < -0.39 is 5.95 Å². The summed E-state index contributed by atoms with van der Waals surface area (Å²) in [5.74, 6) is -0.683. The third kappa shape index (κ3) is 3.01. The molecule has 6 heteroatoms. The minimum atomic E-state index is -0.460. The van der Waals surface area contributed by atoms with Gasteiger partial charge in [-0.25, -0.2) is 0 Å². The molecule has 1 N–H and O–H groups in total. The number of likely N-dealkylation sites (tertiary alicyclic amines) is 1. The molecular formula is C11H16FN3OS. The highest BCUT2D eigenvalue weighted by Crippen LogP contribution is 2.26. The standard InChI is InChI=1S/C11H16FN3OS/c1-7-4-3-5-15(7)6-9-10(12)14-11(17-9)13-8(2)16/h7H,3-6H2,1-2H3,(H,13,14,16). The molecule has 0 spiro atoms. The van der Waals surface area contributed by atoms with Crippen molar-refractivity contribution in [2.75, 3.05) is 11.9 Å². The second-order valence-electron chi connectivity index (χ2n) is 4.38. The number of hydrogen-bond acceptors (Lipinski definition) is 4. The lowest BCUT2D eigenvalue weighted by Crippen LogP contribution is -2.26. The molecule has 1 aromatic rings. The largest absolute Gasteiger partial charge is 0.302 e. The summed E-state index contributed by atoms with van der Waals surface area (Å²) in [6.45, 7) is 5.14. The maximum absolute atomic E-state index is 13.6. The SMILES string of the molecule is CC(=O)Nc1nc(F)c(CN2CCCC2C)s1. The topological polar surface area (TPSA) is 45.2 Å². The molecule has 1 amide bonds. The number of halogens is 1. The molecule has 0 bridgehead atoms. The van der Waals surface area contributed by atoms with Crippen LogP contribution in [0.1, 0.15) is 31.6 Å². The molecule has 1 atom stereocenters. The van der Waals surface area contributed by atoms with Crippen molar-refractivity contribution in [3.8, 4) is 0 Å². The Morgan fingerprint density at radius 2 is 2.47 bits per heavy atom. The highest BCUT2D eigenvalue weighted by molar-refractivity contribution is 7.15. The molecule has 1 aliphatic heterocycles. The van der Waals surface area contributed by atoms with Crippen LogP contribution in [0.5, 0.6) is 0 Å². The third-order valence-electron chi connectivity index (χ3n) is 2.97. The Labute approximate surface area is 104 Å². The van der Waals surface area contributed by atoms with Crippen molar-refractivity contribution < 1.29 is 9.18 Å². The molecule has 1 aliphatic rings. The van der Waals surface area contributed by atoms with Crippen molar-refractivity contribution in [3.63, 3.8) is 0 Å². The number of hydrogen-bond donors (Lipinski definition) is 1. The number of nitrogens with one attached hydrogen (secondary N) is 1. The van der Waals surface area contributed by atoms with Gasteiger partial charge in [0.1, 0.15) is 0 Å². The van der Waals surface area contributed by atoms with Crippen molar-refractivity contribution in [2.24, 2.45) is 0 Å². The maximum atomic E-state index is 13.6. The summed E-state index contributed by atoms with van der Waals surface area (Å²) >= 11 is 1.22. The van der Waals surface area contributed by atoms with Crippen LogP contribution in [0.3, 0.4) is 0 Å². The number of carbonyl (C=O) groups excluding carboxylic acids is 1. The van der Waals surface area contributed by atoms with E-state index in [9.17, 15) is 9.18 Å². The molecule has 4 nitrogen and oxygen atoms in total. The highest BCUT2D eigenvalue weighted by atomic mass is 32.1. The van der Waals surface area contributed by atoms with E-state index in [1.165, 1.54) is 31.1 Å². The molecule has 0 saturated carbocycles. The monoisotopic (exact) mass is 257 g/mol. The molecule has 0 aromatic carbocycles. The van der Waals surface area contributed by atoms with E-state index in [2.05, 4.69) is 22.1 Å². The normalized spacial score (nSPS) is 20.8. The Kier molecular flexibility index (Phi) is 3.73. The molecule has 0 radical (unpaired) electrons. The van der Waals surface area contributed by atoms with Gasteiger partial charge in [0.25, 0.3) is 0 Å². The summed E-state index contributed by atoms with van der Waals surface area (Å²) in [6, 6.07) is 0.501. The van der Waals surface area contributed by atoms with E-state index in [1.807, 2.05) is 0 Å². The van der Waals surface area contributed by atoms with E-state index in [0.29, 0.717) is 22.6 Å². The van der Waals surface area contributed by atoms with Gasteiger partial charge in [-0.3, -0.25) is 9.69 Å². The Hall–Kier alpha value is -1.01. The highest BCUT2D eigenvalue weighted by Gasteiger charge is 2.23. The molecule has 94 valence electrons. The zero-order chi connectivity index (χ0) is 12.4. The second-order valence-corrected chi connectivity index (χ2v) is 5.46. The fraction of sp³-hybridized carbons (Fsp3) is 0.636. The van der Waals surface area contributed by atoms with Crippen LogP contribution in [0.2, 0.25) is 0 Å². The summed E-state index contributed by atoms with van der Waals surface area (Å²) < 4.78 is 13.6. The summed E-state index contributed by atoms with van der Waals surface area (Å²) in [6.07, 6.45) is 2.33.